The third-order valence-corrected chi connectivity index (χ3v) is 7.77. The van der Waals surface area contributed by atoms with Crippen LogP contribution in [0.5, 0.6) is 0 Å². The predicted molar refractivity (Wildman–Crippen MR) is 160 cm³/mol. The average molecular weight is 538 g/mol. The second kappa shape index (κ2) is 13.3. The quantitative estimate of drug-likeness (QED) is 0.275. The molecule has 0 spiro atoms. The number of benzene rings is 3. The van der Waals surface area contributed by atoms with Gasteiger partial charge in [-0.25, -0.2) is 4.98 Å². The number of hydrogen-bond donors (Lipinski definition) is 0. The zero-order valence-corrected chi connectivity index (χ0v) is 23.3. The van der Waals surface area contributed by atoms with Crippen LogP contribution in [0.1, 0.15) is 28.1 Å². The van der Waals surface area contributed by atoms with Crippen molar-refractivity contribution in [2.75, 3.05) is 44.2 Å². The highest BCUT2D eigenvalue weighted by atomic mass is 32.1. The van der Waals surface area contributed by atoms with Gasteiger partial charge in [0.2, 0.25) is 11.0 Å². The van der Waals surface area contributed by atoms with Crippen LogP contribution in [0.2, 0.25) is 0 Å². The van der Waals surface area contributed by atoms with E-state index in [2.05, 4.69) is 93.9 Å². The SMILES string of the molecule is Cc1ccc(Cc2nsc(N(CC(=O)N3CCN(C/C=C/c4ccccc4)CC3)Cc3ccccc3)n2)cc1. The van der Waals surface area contributed by atoms with E-state index in [1.807, 2.05) is 29.2 Å². The highest BCUT2D eigenvalue weighted by molar-refractivity contribution is 7.09. The zero-order chi connectivity index (χ0) is 26.9. The molecule has 0 unspecified atom stereocenters. The molecule has 200 valence electrons. The third-order valence-electron chi connectivity index (χ3n) is 6.95. The topological polar surface area (TPSA) is 52.6 Å². The van der Waals surface area contributed by atoms with E-state index in [0.717, 1.165) is 49.2 Å². The first-order valence-electron chi connectivity index (χ1n) is 13.5. The molecular formula is C32H35N5OS. The van der Waals surface area contributed by atoms with E-state index in [4.69, 9.17) is 4.98 Å². The summed E-state index contributed by atoms with van der Waals surface area (Å²) in [4.78, 5) is 24.7. The van der Waals surface area contributed by atoms with Gasteiger partial charge in [0.1, 0.15) is 5.82 Å². The van der Waals surface area contributed by atoms with Gasteiger partial charge in [0, 0.05) is 57.2 Å². The van der Waals surface area contributed by atoms with E-state index in [0.29, 0.717) is 19.5 Å². The minimum atomic E-state index is 0.140. The standard InChI is InChI=1S/C32H35N5OS/c1-26-14-16-28(17-15-26)23-30-33-32(39-34-30)37(24-29-11-6-3-7-12-29)25-31(38)36-21-19-35(20-22-36)18-8-13-27-9-4-2-5-10-27/h2-17H,18-25H2,1H3/b13-8+. The molecule has 4 aromatic rings. The van der Waals surface area contributed by atoms with Gasteiger partial charge in [0.15, 0.2) is 0 Å². The zero-order valence-electron chi connectivity index (χ0n) is 22.4. The van der Waals surface area contributed by atoms with Crippen molar-refractivity contribution < 1.29 is 4.79 Å². The lowest BCUT2D eigenvalue weighted by molar-refractivity contribution is -0.131. The van der Waals surface area contributed by atoms with Gasteiger partial charge in [-0.05, 0) is 23.6 Å². The molecule has 0 bridgehead atoms. The Bertz CT molecular complexity index is 1350. The molecule has 1 aliphatic heterocycles. The van der Waals surface area contributed by atoms with E-state index in [1.165, 1.54) is 28.2 Å². The molecule has 0 atom stereocenters. The fourth-order valence-electron chi connectivity index (χ4n) is 4.67. The van der Waals surface area contributed by atoms with Crippen molar-refractivity contribution in [2.45, 2.75) is 19.9 Å². The maximum Gasteiger partial charge on any atom is 0.242 e. The number of rotatable bonds is 10. The Balaban J connectivity index is 1.19. The monoisotopic (exact) mass is 537 g/mol. The fourth-order valence-corrected chi connectivity index (χ4v) is 5.36. The Hall–Kier alpha value is -3.81. The van der Waals surface area contributed by atoms with Crippen molar-refractivity contribution in [1.29, 1.82) is 0 Å². The minimum Gasteiger partial charge on any atom is -0.339 e. The van der Waals surface area contributed by atoms with E-state index in [1.54, 1.807) is 0 Å². The van der Waals surface area contributed by atoms with Crippen molar-refractivity contribution in [2.24, 2.45) is 0 Å². The largest absolute Gasteiger partial charge is 0.339 e. The maximum atomic E-state index is 13.4. The van der Waals surface area contributed by atoms with Gasteiger partial charge in [-0.2, -0.15) is 4.37 Å². The summed E-state index contributed by atoms with van der Waals surface area (Å²) in [6, 6.07) is 29.1. The van der Waals surface area contributed by atoms with Crippen LogP contribution in [0.3, 0.4) is 0 Å². The Morgan fingerprint density at radius 3 is 2.31 bits per heavy atom. The number of anilines is 1. The van der Waals surface area contributed by atoms with Gasteiger partial charge in [-0.15, -0.1) is 0 Å². The summed E-state index contributed by atoms with van der Waals surface area (Å²) in [6.07, 6.45) is 5.05. The van der Waals surface area contributed by atoms with Crippen LogP contribution in [-0.4, -0.2) is 64.3 Å². The molecule has 2 heterocycles. The molecule has 1 saturated heterocycles. The summed E-state index contributed by atoms with van der Waals surface area (Å²) in [5, 5.41) is 0.791. The smallest absolute Gasteiger partial charge is 0.242 e. The molecule has 1 aromatic heterocycles. The first-order chi connectivity index (χ1) is 19.1. The summed E-state index contributed by atoms with van der Waals surface area (Å²) >= 11 is 1.37. The molecule has 0 saturated carbocycles. The van der Waals surface area contributed by atoms with Crippen LogP contribution < -0.4 is 4.90 Å². The highest BCUT2D eigenvalue weighted by Gasteiger charge is 2.24. The minimum absolute atomic E-state index is 0.140. The van der Waals surface area contributed by atoms with E-state index < -0.39 is 0 Å². The number of amides is 1. The summed E-state index contributed by atoms with van der Waals surface area (Å²) in [7, 11) is 0. The molecule has 39 heavy (non-hydrogen) atoms. The number of piperazine rings is 1. The van der Waals surface area contributed by atoms with Crippen molar-refractivity contribution in [1.82, 2.24) is 19.2 Å². The van der Waals surface area contributed by atoms with Crippen LogP contribution in [-0.2, 0) is 17.8 Å². The number of carbonyl (C=O) groups excluding carboxylic acids is 1. The molecule has 1 amide bonds. The Morgan fingerprint density at radius 2 is 1.59 bits per heavy atom. The molecule has 0 N–H and O–H groups in total. The van der Waals surface area contributed by atoms with Gasteiger partial charge in [-0.3, -0.25) is 9.69 Å². The van der Waals surface area contributed by atoms with E-state index >= 15 is 0 Å². The second-order valence-corrected chi connectivity index (χ2v) is 10.7. The number of aryl methyl sites for hydroxylation is 1. The van der Waals surface area contributed by atoms with Crippen molar-refractivity contribution in [3.05, 3.63) is 119 Å². The Morgan fingerprint density at radius 1 is 0.897 bits per heavy atom. The summed E-state index contributed by atoms with van der Waals surface area (Å²) in [5.41, 5.74) is 4.79. The Labute approximate surface area is 235 Å². The number of hydrogen-bond acceptors (Lipinski definition) is 6. The molecule has 1 aliphatic rings. The normalized spacial score (nSPS) is 14.1. The van der Waals surface area contributed by atoms with Crippen LogP contribution >= 0.6 is 11.5 Å². The fraction of sp³-hybridized carbons (Fsp3) is 0.281. The maximum absolute atomic E-state index is 13.4. The molecule has 0 aliphatic carbocycles. The van der Waals surface area contributed by atoms with Crippen LogP contribution in [0.4, 0.5) is 5.13 Å². The van der Waals surface area contributed by atoms with Crippen LogP contribution in [0, 0.1) is 6.92 Å². The molecule has 5 rings (SSSR count). The van der Waals surface area contributed by atoms with Crippen molar-refractivity contribution >= 4 is 28.6 Å². The molecular weight excluding hydrogens is 502 g/mol. The van der Waals surface area contributed by atoms with Crippen molar-refractivity contribution in [3.63, 3.8) is 0 Å². The first kappa shape index (κ1) is 26.8. The number of aromatic nitrogens is 2. The van der Waals surface area contributed by atoms with Crippen molar-refractivity contribution in [3.8, 4) is 0 Å². The van der Waals surface area contributed by atoms with E-state index in [-0.39, 0.29) is 5.91 Å². The lowest BCUT2D eigenvalue weighted by atomic mass is 10.1. The van der Waals surface area contributed by atoms with Crippen LogP contribution in [0.15, 0.2) is 91.0 Å². The molecule has 7 heteroatoms. The summed E-state index contributed by atoms with van der Waals surface area (Å²) in [6.45, 7) is 7.14. The van der Waals surface area contributed by atoms with Gasteiger partial charge in [-0.1, -0.05) is 103 Å². The third kappa shape index (κ3) is 7.85. The predicted octanol–water partition coefficient (Wildman–Crippen LogP) is 5.30. The number of carbonyl (C=O) groups is 1. The van der Waals surface area contributed by atoms with Gasteiger partial charge in [0.25, 0.3) is 0 Å². The lowest BCUT2D eigenvalue weighted by Gasteiger charge is -2.35. The van der Waals surface area contributed by atoms with Crippen LogP contribution in [0.25, 0.3) is 6.08 Å². The molecule has 0 radical (unpaired) electrons. The summed E-state index contributed by atoms with van der Waals surface area (Å²) in [5.74, 6) is 0.933. The Kier molecular flexibility index (Phi) is 9.14. The van der Waals surface area contributed by atoms with Gasteiger partial charge >= 0.3 is 0 Å². The number of nitrogens with zero attached hydrogens (tertiary/aromatic N) is 5. The van der Waals surface area contributed by atoms with E-state index in [9.17, 15) is 4.79 Å². The highest BCUT2D eigenvalue weighted by Crippen LogP contribution is 2.22. The molecule has 3 aromatic carbocycles. The molecule has 6 nitrogen and oxygen atoms in total. The first-order valence-corrected chi connectivity index (χ1v) is 14.3. The second-order valence-electron chi connectivity index (χ2n) is 9.99. The lowest BCUT2D eigenvalue weighted by Crippen LogP contribution is -2.51. The van der Waals surface area contributed by atoms with Gasteiger partial charge < -0.3 is 9.80 Å². The molecule has 1 fully saturated rings. The van der Waals surface area contributed by atoms with Gasteiger partial charge in [0.05, 0.1) is 6.54 Å². The average Bonchev–Trinajstić information content (AvgIpc) is 3.44. The summed E-state index contributed by atoms with van der Waals surface area (Å²) < 4.78 is 4.63.